The maximum atomic E-state index is 11.4. The summed E-state index contributed by atoms with van der Waals surface area (Å²) >= 11 is 5.78. The Morgan fingerprint density at radius 3 is 2.15 bits per heavy atom. The lowest BCUT2D eigenvalue weighted by Crippen LogP contribution is -2.39. The standard InChI is InChI=1S/C28H32N2O2S/c1-7-32-24-12-10-23(11-13-24)29-27(33)25(26(31)21-9-8-19(2)20(3)18-21)30-16-14-22(15-17-30)28(4,5)6/h8-18H,7H2,1-6H3,(H-,29,31,33)/p+1. The molecule has 0 aliphatic rings. The van der Waals surface area contributed by atoms with E-state index in [4.69, 9.17) is 17.0 Å². The van der Waals surface area contributed by atoms with E-state index in [-0.39, 0.29) is 11.2 Å². The molecule has 3 rings (SSSR count). The van der Waals surface area contributed by atoms with Crippen molar-refractivity contribution in [2.24, 2.45) is 0 Å². The van der Waals surface area contributed by atoms with Crippen molar-refractivity contribution in [1.82, 2.24) is 0 Å². The normalized spacial score (nSPS) is 12.2. The number of nitrogens with zero attached hydrogens (tertiary/aromatic N) is 1. The van der Waals surface area contributed by atoms with E-state index in [0.29, 0.717) is 17.3 Å². The first-order valence-electron chi connectivity index (χ1n) is 11.2. The van der Waals surface area contributed by atoms with Gasteiger partial charge in [0.25, 0.3) is 5.70 Å². The highest BCUT2D eigenvalue weighted by Gasteiger charge is 2.25. The Bertz CT molecular complexity index is 1160. The number of aryl methyl sites for hydroxylation is 2. The van der Waals surface area contributed by atoms with Crippen LogP contribution in [0, 0.1) is 13.8 Å². The van der Waals surface area contributed by atoms with Crippen molar-refractivity contribution in [3.05, 3.63) is 89.2 Å². The molecule has 0 atom stereocenters. The Morgan fingerprint density at radius 1 is 0.970 bits per heavy atom. The SMILES string of the molecule is CCOc1ccc(NC(=S)/C(=C(/O)c2ccc(C)c(C)c2)[n+]2ccc(C(C)(C)C)cc2)cc1. The van der Waals surface area contributed by atoms with E-state index in [9.17, 15) is 5.11 Å². The molecule has 1 heterocycles. The van der Waals surface area contributed by atoms with Gasteiger partial charge in [-0.25, -0.2) is 0 Å². The maximum Gasteiger partial charge on any atom is 0.288 e. The number of aliphatic hydroxyl groups is 1. The highest BCUT2D eigenvalue weighted by atomic mass is 32.1. The number of benzene rings is 2. The lowest BCUT2D eigenvalue weighted by atomic mass is 9.88. The summed E-state index contributed by atoms with van der Waals surface area (Å²) in [6, 6.07) is 17.6. The zero-order valence-corrected chi connectivity index (χ0v) is 21.1. The fourth-order valence-corrected chi connectivity index (χ4v) is 3.76. The van der Waals surface area contributed by atoms with E-state index in [1.165, 1.54) is 11.1 Å². The van der Waals surface area contributed by atoms with E-state index < -0.39 is 0 Å². The van der Waals surface area contributed by atoms with Crippen molar-refractivity contribution in [1.29, 1.82) is 0 Å². The predicted molar refractivity (Wildman–Crippen MR) is 141 cm³/mol. The van der Waals surface area contributed by atoms with Crippen molar-refractivity contribution in [3.63, 3.8) is 0 Å². The van der Waals surface area contributed by atoms with Gasteiger partial charge in [0.15, 0.2) is 23.1 Å². The number of hydrogen-bond acceptors (Lipinski definition) is 3. The monoisotopic (exact) mass is 461 g/mol. The van der Waals surface area contributed by atoms with Crippen LogP contribution in [0.5, 0.6) is 5.75 Å². The van der Waals surface area contributed by atoms with E-state index in [0.717, 1.165) is 22.6 Å². The summed E-state index contributed by atoms with van der Waals surface area (Å²) < 4.78 is 7.39. The molecule has 0 spiro atoms. The lowest BCUT2D eigenvalue weighted by molar-refractivity contribution is -0.575. The molecule has 0 amide bonds. The molecule has 3 aromatic rings. The van der Waals surface area contributed by atoms with Crippen molar-refractivity contribution < 1.29 is 14.4 Å². The van der Waals surface area contributed by atoms with Crippen LogP contribution in [0.3, 0.4) is 0 Å². The third kappa shape index (κ3) is 5.99. The van der Waals surface area contributed by atoms with Crippen LogP contribution < -0.4 is 14.6 Å². The molecule has 0 aliphatic carbocycles. The molecule has 1 aromatic heterocycles. The molecular weight excluding hydrogens is 428 g/mol. The fourth-order valence-electron chi connectivity index (χ4n) is 3.44. The number of nitrogens with one attached hydrogen (secondary N) is 1. The minimum Gasteiger partial charge on any atom is -0.502 e. The number of ether oxygens (including phenoxy) is 1. The van der Waals surface area contributed by atoms with Gasteiger partial charge in [-0.2, -0.15) is 4.57 Å². The van der Waals surface area contributed by atoms with Crippen LogP contribution in [0.15, 0.2) is 67.0 Å². The molecule has 0 radical (unpaired) electrons. The van der Waals surface area contributed by atoms with Crippen LogP contribution in [0.1, 0.15) is 49.9 Å². The Balaban J connectivity index is 2.04. The Morgan fingerprint density at radius 2 is 1.61 bits per heavy atom. The molecule has 2 N–H and O–H groups in total. The van der Waals surface area contributed by atoms with Gasteiger partial charge >= 0.3 is 0 Å². The Kier molecular flexibility index (Phi) is 7.54. The second kappa shape index (κ2) is 10.2. The zero-order valence-electron chi connectivity index (χ0n) is 20.3. The van der Waals surface area contributed by atoms with Gasteiger partial charge in [0.05, 0.1) is 6.61 Å². The van der Waals surface area contributed by atoms with Gasteiger partial charge < -0.3 is 15.2 Å². The number of rotatable bonds is 6. The zero-order chi connectivity index (χ0) is 24.2. The molecule has 4 nitrogen and oxygen atoms in total. The molecule has 0 fully saturated rings. The van der Waals surface area contributed by atoms with Crippen LogP contribution in [0.4, 0.5) is 5.69 Å². The highest BCUT2D eigenvalue weighted by molar-refractivity contribution is 7.81. The average Bonchev–Trinajstić information content (AvgIpc) is 2.77. The summed E-state index contributed by atoms with van der Waals surface area (Å²) in [4.78, 5) is 0.420. The van der Waals surface area contributed by atoms with E-state index in [1.54, 1.807) is 0 Å². The second-order valence-corrected chi connectivity index (χ2v) is 9.56. The number of aromatic nitrogens is 1. The fraction of sp³-hybridized carbons (Fsp3) is 0.286. The van der Waals surface area contributed by atoms with Gasteiger partial charge in [-0.3, -0.25) is 0 Å². The van der Waals surface area contributed by atoms with Crippen LogP contribution in [0.2, 0.25) is 0 Å². The minimum atomic E-state index is 0.0279. The van der Waals surface area contributed by atoms with Crippen molar-refractivity contribution in [3.8, 4) is 5.75 Å². The number of aliphatic hydroxyl groups excluding tert-OH is 1. The van der Waals surface area contributed by atoms with Crippen LogP contribution in [-0.2, 0) is 5.41 Å². The summed E-state index contributed by atoms with van der Waals surface area (Å²) in [5, 5.41) is 14.6. The molecule has 2 aromatic carbocycles. The van der Waals surface area contributed by atoms with Gasteiger partial charge in [0, 0.05) is 23.4 Å². The summed E-state index contributed by atoms with van der Waals surface area (Å²) in [7, 11) is 0. The first kappa shape index (κ1) is 24.5. The van der Waals surface area contributed by atoms with Gasteiger partial charge in [-0.1, -0.05) is 45.1 Å². The van der Waals surface area contributed by atoms with Gasteiger partial charge in [0.2, 0.25) is 0 Å². The molecule has 0 saturated heterocycles. The predicted octanol–water partition coefficient (Wildman–Crippen LogP) is 6.61. The van der Waals surface area contributed by atoms with Crippen LogP contribution >= 0.6 is 12.2 Å². The molecule has 0 unspecified atom stereocenters. The van der Waals surface area contributed by atoms with E-state index in [2.05, 4.69) is 45.1 Å². The Labute approximate surface area is 202 Å². The van der Waals surface area contributed by atoms with Crippen LogP contribution in [0.25, 0.3) is 11.5 Å². The lowest BCUT2D eigenvalue weighted by Gasteiger charge is -2.18. The second-order valence-electron chi connectivity index (χ2n) is 9.15. The summed E-state index contributed by atoms with van der Waals surface area (Å²) in [6.45, 7) is 13.2. The first-order valence-corrected chi connectivity index (χ1v) is 11.6. The van der Waals surface area contributed by atoms with Crippen molar-refractivity contribution in [2.45, 2.75) is 47.0 Å². The minimum absolute atomic E-state index is 0.0279. The average molecular weight is 462 g/mol. The first-order chi connectivity index (χ1) is 15.6. The molecule has 5 heteroatoms. The molecule has 0 bridgehead atoms. The Hall–Kier alpha value is -3.18. The number of anilines is 1. The summed E-state index contributed by atoms with van der Waals surface area (Å²) in [5.74, 6) is 0.921. The molecule has 33 heavy (non-hydrogen) atoms. The van der Waals surface area contributed by atoms with Gasteiger partial charge in [-0.15, -0.1) is 0 Å². The molecular formula is C28H33N2O2S+. The van der Waals surface area contributed by atoms with E-state index >= 15 is 0 Å². The third-order valence-corrected chi connectivity index (χ3v) is 5.89. The molecule has 172 valence electrons. The molecule has 0 saturated carbocycles. The smallest absolute Gasteiger partial charge is 0.288 e. The largest absolute Gasteiger partial charge is 0.502 e. The van der Waals surface area contributed by atoms with Crippen molar-refractivity contribution >= 4 is 34.3 Å². The van der Waals surface area contributed by atoms with E-state index in [1.807, 2.05) is 73.3 Å². The van der Waals surface area contributed by atoms with Crippen LogP contribution in [-0.4, -0.2) is 16.7 Å². The highest BCUT2D eigenvalue weighted by Crippen LogP contribution is 2.24. The van der Waals surface area contributed by atoms with Gasteiger partial charge in [0.1, 0.15) is 5.75 Å². The number of pyridine rings is 1. The van der Waals surface area contributed by atoms with Gasteiger partial charge in [-0.05, 0) is 73.2 Å². The maximum absolute atomic E-state index is 11.4. The summed E-state index contributed by atoms with van der Waals surface area (Å²) in [6.07, 6.45) is 3.89. The summed E-state index contributed by atoms with van der Waals surface area (Å²) in [5.41, 5.74) is 5.57. The number of thiocarbonyl (C=S) groups is 1. The quantitative estimate of drug-likeness (QED) is 0.188. The number of hydrogen-bond donors (Lipinski definition) is 2. The topological polar surface area (TPSA) is 45.4 Å². The van der Waals surface area contributed by atoms with Crippen molar-refractivity contribution in [2.75, 3.05) is 11.9 Å². The third-order valence-electron chi connectivity index (χ3n) is 5.60. The molecule has 0 aliphatic heterocycles.